The molecule has 5 nitrogen and oxygen atoms in total. The monoisotopic (exact) mass is 470 g/mol. The molecule has 0 fully saturated rings. The Morgan fingerprint density at radius 2 is 1.81 bits per heavy atom. The Morgan fingerprint density at radius 1 is 1.16 bits per heavy atom. The van der Waals surface area contributed by atoms with E-state index in [0.29, 0.717) is 22.5 Å². The van der Waals surface area contributed by atoms with Gasteiger partial charge in [-0.1, -0.05) is 28.4 Å². The summed E-state index contributed by atoms with van der Waals surface area (Å²) in [6.45, 7) is 3.47. The molecule has 0 saturated carbocycles. The van der Waals surface area contributed by atoms with Crippen molar-refractivity contribution in [3.8, 4) is 0 Å². The minimum atomic E-state index is -4.83. The number of hydrogen-bond donors (Lipinski definition) is 1. The number of aromatic nitrogens is 1. The van der Waals surface area contributed by atoms with Crippen molar-refractivity contribution in [1.29, 1.82) is 0 Å². The van der Waals surface area contributed by atoms with E-state index in [-0.39, 0.29) is 26.9 Å². The number of oxime groups is 1. The molecule has 0 radical (unpaired) electrons. The van der Waals surface area contributed by atoms with E-state index >= 15 is 0 Å². The second-order valence-corrected chi connectivity index (χ2v) is 8.25. The van der Waals surface area contributed by atoms with Crippen molar-refractivity contribution in [2.24, 2.45) is 5.16 Å². The lowest BCUT2D eigenvalue weighted by atomic mass is 9.87. The Balaban J connectivity index is 1.88. The number of aryl methyl sites for hydroxylation is 2. The van der Waals surface area contributed by atoms with E-state index in [4.69, 9.17) is 28.0 Å². The zero-order chi connectivity index (χ0) is 22.7. The number of fused-ring (bicyclic) bond motifs is 1. The maximum atomic E-state index is 14.3. The highest BCUT2D eigenvalue weighted by atomic mass is 35.5. The molecule has 1 N–H and O–H groups in total. The van der Waals surface area contributed by atoms with E-state index in [1.807, 2.05) is 0 Å². The number of hydrogen-bond acceptors (Lipinski definition) is 3. The average molecular weight is 471 g/mol. The summed E-state index contributed by atoms with van der Waals surface area (Å²) >= 11 is 11.9. The summed E-state index contributed by atoms with van der Waals surface area (Å²) in [6, 6.07) is 8.17. The maximum absolute atomic E-state index is 14.3. The van der Waals surface area contributed by atoms with Gasteiger partial charge in [-0.25, -0.2) is 4.79 Å². The smallest absolute Gasteiger partial charge is 0.435 e. The molecule has 2 aromatic heterocycles. The van der Waals surface area contributed by atoms with Gasteiger partial charge in [-0.05, 0) is 55.8 Å². The van der Waals surface area contributed by atoms with Gasteiger partial charge in [0.1, 0.15) is 5.71 Å². The molecule has 0 bridgehead atoms. The van der Waals surface area contributed by atoms with Crippen molar-refractivity contribution >= 4 is 40.4 Å². The summed E-state index contributed by atoms with van der Waals surface area (Å²) < 4.78 is 44.3. The first-order chi connectivity index (χ1) is 14.4. The van der Waals surface area contributed by atoms with E-state index in [1.165, 1.54) is 18.2 Å². The van der Waals surface area contributed by atoms with Gasteiger partial charge in [0.05, 0.1) is 23.2 Å². The Morgan fingerprint density at radius 3 is 2.39 bits per heavy atom. The Hall–Kier alpha value is -2.71. The molecule has 4 rings (SSSR count). The summed E-state index contributed by atoms with van der Waals surface area (Å²) in [6.07, 6.45) is -5.46. The van der Waals surface area contributed by atoms with Crippen molar-refractivity contribution in [2.75, 3.05) is 0 Å². The molecule has 1 aliphatic heterocycles. The van der Waals surface area contributed by atoms with Crippen molar-refractivity contribution in [1.82, 2.24) is 4.40 Å². The number of carbonyl (C=O) groups is 1. The second kappa shape index (κ2) is 7.17. The van der Waals surface area contributed by atoms with Gasteiger partial charge in [-0.3, -0.25) is 0 Å². The lowest BCUT2D eigenvalue weighted by Crippen LogP contribution is -2.42. The van der Waals surface area contributed by atoms with Crippen molar-refractivity contribution < 1.29 is 27.9 Å². The van der Waals surface area contributed by atoms with Crippen LogP contribution in [0.4, 0.5) is 13.2 Å². The van der Waals surface area contributed by atoms with E-state index in [9.17, 15) is 23.1 Å². The molecule has 0 spiro atoms. The number of benzene rings is 1. The number of pyridine rings is 1. The molecule has 0 saturated heterocycles. The van der Waals surface area contributed by atoms with Crippen LogP contribution in [0.15, 0.2) is 41.6 Å². The normalized spacial score (nSPS) is 18.9. The number of aromatic carboxylic acids is 1. The molecule has 0 aliphatic carbocycles. The number of carboxylic acid groups (broad SMARTS) is 1. The molecular formula is C21H15Cl2F3N2O3. The third kappa shape index (κ3) is 3.34. The Labute approximate surface area is 184 Å². The summed E-state index contributed by atoms with van der Waals surface area (Å²) in [5.74, 6) is -1.14. The predicted molar refractivity (Wildman–Crippen MR) is 110 cm³/mol. The van der Waals surface area contributed by atoms with Gasteiger partial charge in [0.15, 0.2) is 0 Å². The molecule has 3 heterocycles. The molecule has 3 aromatic rings. The molecule has 31 heavy (non-hydrogen) atoms. The van der Waals surface area contributed by atoms with Gasteiger partial charge in [-0.2, -0.15) is 13.2 Å². The van der Waals surface area contributed by atoms with Crippen molar-refractivity contribution in [3.63, 3.8) is 0 Å². The molecular weight excluding hydrogens is 456 g/mol. The number of halogens is 5. The van der Waals surface area contributed by atoms with Gasteiger partial charge in [0.2, 0.25) is 0 Å². The fourth-order valence-electron chi connectivity index (χ4n) is 3.98. The van der Waals surface area contributed by atoms with Gasteiger partial charge in [-0.15, -0.1) is 0 Å². The molecule has 10 heteroatoms. The minimum Gasteiger partial charge on any atom is -0.478 e. The third-order valence-electron chi connectivity index (χ3n) is 5.32. The predicted octanol–water partition coefficient (Wildman–Crippen LogP) is 6.14. The minimum absolute atomic E-state index is 0.0223. The number of rotatable bonds is 3. The Bertz CT molecular complexity index is 1250. The molecule has 1 aromatic carbocycles. The van der Waals surface area contributed by atoms with Crippen molar-refractivity contribution in [2.45, 2.75) is 32.0 Å². The number of carboxylic acids is 1. The van der Waals surface area contributed by atoms with Crippen molar-refractivity contribution in [3.05, 3.63) is 74.5 Å². The standard InChI is InChI=1S/C21H15Cl2F3N2O3/c1-10-5-11(2)28-17(4-3-15(18(10)28)19(29)30)16-9-20(31-27-16,21(24,25)26)12-6-13(22)8-14(23)7-12/h3-8H,9H2,1-2H3,(H,29,30). The molecule has 1 unspecified atom stereocenters. The topological polar surface area (TPSA) is 63.3 Å². The third-order valence-corrected chi connectivity index (χ3v) is 5.76. The van der Waals surface area contributed by atoms with Gasteiger partial charge in [0, 0.05) is 21.3 Å². The largest absolute Gasteiger partial charge is 0.478 e. The van der Waals surface area contributed by atoms with Crippen LogP contribution in [-0.4, -0.2) is 27.4 Å². The average Bonchev–Trinajstić information content (AvgIpc) is 3.23. The van der Waals surface area contributed by atoms with Gasteiger partial charge < -0.3 is 14.3 Å². The van der Waals surface area contributed by atoms with E-state index in [0.717, 1.165) is 12.1 Å². The summed E-state index contributed by atoms with van der Waals surface area (Å²) in [7, 11) is 0. The SMILES string of the molecule is Cc1cc(C)n2c(C3=NOC(c4cc(Cl)cc(Cl)c4)(C(F)(F)F)C3)ccc(C(=O)O)c12. The van der Waals surface area contributed by atoms with E-state index in [2.05, 4.69) is 5.16 Å². The highest BCUT2D eigenvalue weighted by Crippen LogP contribution is 2.49. The van der Waals surface area contributed by atoms with Crippen LogP contribution in [0.1, 0.15) is 39.3 Å². The van der Waals surface area contributed by atoms with Gasteiger partial charge >= 0.3 is 12.1 Å². The second-order valence-electron chi connectivity index (χ2n) is 7.38. The van der Waals surface area contributed by atoms with Crippen LogP contribution < -0.4 is 0 Å². The first-order valence-electron chi connectivity index (χ1n) is 9.08. The highest BCUT2D eigenvalue weighted by Gasteiger charge is 2.62. The molecule has 1 atom stereocenters. The first kappa shape index (κ1) is 21.5. The quantitative estimate of drug-likeness (QED) is 0.499. The van der Waals surface area contributed by atoms with Crippen LogP contribution in [0, 0.1) is 13.8 Å². The molecule has 1 aliphatic rings. The zero-order valence-electron chi connectivity index (χ0n) is 16.2. The summed E-state index contributed by atoms with van der Waals surface area (Å²) in [5, 5.41) is 13.4. The van der Waals surface area contributed by atoms with Gasteiger partial charge in [0.25, 0.3) is 5.60 Å². The summed E-state index contributed by atoms with van der Waals surface area (Å²) in [4.78, 5) is 16.7. The van der Waals surface area contributed by atoms with Crippen LogP contribution in [0.25, 0.3) is 5.52 Å². The number of alkyl halides is 3. The molecule has 162 valence electrons. The first-order valence-corrected chi connectivity index (χ1v) is 9.84. The van der Waals surface area contributed by atoms with E-state index < -0.39 is 24.2 Å². The van der Waals surface area contributed by atoms with Crippen LogP contribution in [-0.2, 0) is 10.4 Å². The van der Waals surface area contributed by atoms with Crippen LogP contribution in [0.5, 0.6) is 0 Å². The van der Waals surface area contributed by atoms with Crippen LogP contribution >= 0.6 is 23.2 Å². The lowest BCUT2D eigenvalue weighted by molar-refractivity contribution is -0.275. The van der Waals surface area contributed by atoms with Crippen LogP contribution in [0.3, 0.4) is 0 Å². The fraction of sp³-hybridized carbons (Fsp3) is 0.238. The fourth-order valence-corrected chi connectivity index (χ4v) is 4.51. The lowest BCUT2D eigenvalue weighted by Gasteiger charge is -2.29. The Kier molecular flexibility index (Phi) is 4.98. The zero-order valence-corrected chi connectivity index (χ0v) is 17.7. The number of nitrogens with zero attached hydrogens (tertiary/aromatic N) is 2. The molecule has 0 amide bonds. The highest BCUT2D eigenvalue weighted by molar-refractivity contribution is 6.34. The van der Waals surface area contributed by atoms with Crippen LogP contribution in [0.2, 0.25) is 10.0 Å². The van der Waals surface area contributed by atoms with E-state index in [1.54, 1.807) is 24.3 Å². The summed E-state index contributed by atoms with van der Waals surface area (Å²) in [5.41, 5.74) is -0.944. The maximum Gasteiger partial charge on any atom is 0.435 e.